The average molecular weight is 826 g/mol. The SMILES string of the molecule is c1ccc2c(c1)-c1cc(C(c3ccc(-n4c5ccccc5c5ccccc54)cc3)c3ccc4c(c3)-c3ccccc3C43C4CC5CC(C4)CC3C5)ccc1C21C2CC3CC(C2)CC1C3. The molecule has 1 nitrogen and oxygen atoms in total. The number of fused-ring (bicyclic) bond motifs is 9. The van der Waals surface area contributed by atoms with Gasteiger partial charge in [-0.05, 0) is 209 Å². The summed E-state index contributed by atoms with van der Waals surface area (Å²) in [4.78, 5) is 0. The maximum absolute atomic E-state index is 2.68. The standard InChI is InChI=1S/C63H55N/c1-5-13-55-49(9-1)53-35-42(19-23-57(53)62(55)44-27-37-25-38(29-44)30-45(62)28-37)61(41-17-21-48(22-18-41)64-59-15-7-3-11-51(59)52-12-4-8-16-60(52)64)43-20-24-58-54(36-43)50-10-2-6-14-56(50)63(58)46-31-39-26-40(33-46)34-47(63)32-39/h1-24,35-40,44-47,61H,25-34H2. The van der Waals surface area contributed by atoms with Gasteiger partial charge in [-0.3, -0.25) is 0 Å². The first-order chi connectivity index (χ1) is 31.6. The first kappa shape index (κ1) is 35.7. The van der Waals surface area contributed by atoms with Crippen molar-refractivity contribution in [1.29, 1.82) is 0 Å². The summed E-state index contributed by atoms with van der Waals surface area (Å²) in [6.07, 6.45) is 14.3. The van der Waals surface area contributed by atoms with Crippen LogP contribution < -0.4 is 0 Å². The maximum Gasteiger partial charge on any atom is 0.0541 e. The Balaban J connectivity index is 0.888. The number of hydrogen-bond acceptors (Lipinski definition) is 0. The fraction of sp³-hybridized carbons (Fsp3) is 0.333. The van der Waals surface area contributed by atoms with E-state index < -0.39 is 0 Å². The van der Waals surface area contributed by atoms with Crippen LogP contribution in [0.2, 0.25) is 0 Å². The average Bonchev–Trinajstić information content (AvgIpc) is 3.93. The molecule has 312 valence electrons. The van der Waals surface area contributed by atoms with Crippen molar-refractivity contribution in [2.75, 3.05) is 0 Å². The first-order valence-electron chi connectivity index (χ1n) is 25.2. The highest BCUT2D eigenvalue weighted by atomic mass is 15.0. The van der Waals surface area contributed by atoms with E-state index in [1.165, 1.54) is 131 Å². The van der Waals surface area contributed by atoms with Gasteiger partial charge >= 0.3 is 0 Å². The first-order valence-corrected chi connectivity index (χ1v) is 25.2. The Morgan fingerprint density at radius 3 is 1.17 bits per heavy atom. The Bertz CT molecular complexity index is 3020. The third kappa shape index (κ3) is 4.39. The van der Waals surface area contributed by atoms with E-state index in [1.54, 1.807) is 22.3 Å². The molecule has 1 heteroatoms. The van der Waals surface area contributed by atoms with E-state index in [1.807, 2.05) is 0 Å². The highest BCUT2D eigenvalue weighted by Crippen LogP contribution is 2.71. The molecule has 8 saturated carbocycles. The summed E-state index contributed by atoms with van der Waals surface area (Å²) in [7, 11) is 0. The Kier molecular flexibility index (Phi) is 7.00. The minimum Gasteiger partial charge on any atom is -0.309 e. The molecule has 0 saturated heterocycles. The predicted octanol–water partition coefficient (Wildman–Crippen LogP) is 15.4. The van der Waals surface area contributed by atoms with Gasteiger partial charge in [-0.25, -0.2) is 0 Å². The number of hydrogen-bond donors (Lipinski definition) is 0. The van der Waals surface area contributed by atoms with Gasteiger partial charge in [-0.1, -0.05) is 121 Å². The van der Waals surface area contributed by atoms with Gasteiger partial charge in [0.15, 0.2) is 0 Å². The molecule has 0 N–H and O–H groups in total. The van der Waals surface area contributed by atoms with E-state index in [4.69, 9.17) is 0 Å². The van der Waals surface area contributed by atoms with Gasteiger partial charge in [0.25, 0.3) is 0 Å². The quantitative estimate of drug-likeness (QED) is 0.156. The summed E-state index contributed by atoms with van der Waals surface area (Å²) in [6.45, 7) is 0. The van der Waals surface area contributed by atoms with Crippen molar-refractivity contribution in [2.45, 2.75) is 81.0 Å². The van der Waals surface area contributed by atoms with Crippen LogP contribution in [-0.4, -0.2) is 4.57 Å². The van der Waals surface area contributed by atoms with Gasteiger partial charge < -0.3 is 4.57 Å². The lowest BCUT2D eigenvalue weighted by atomic mass is 9.43. The van der Waals surface area contributed by atoms with Gasteiger partial charge in [0.05, 0.1) is 11.0 Å². The molecular formula is C63H55N. The molecule has 0 atom stereocenters. The van der Waals surface area contributed by atoms with Crippen LogP contribution in [0.15, 0.2) is 158 Å². The summed E-state index contributed by atoms with van der Waals surface area (Å²) >= 11 is 0. The minimum absolute atomic E-state index is 0.104. The largest absolute Gasteiger partial charge is 0.309 e. The lowest BCUT2D eigenvalue weighted by Crippen LogP contribution is -2.55. The Morgan fingerprint density at radius 1 is 0.344 bits per heavy atom. The molecule has 8 aromatic rings. The second kappa shape index (κ2) is 12.6. The number of aromatic nitrogens is 1. The van der Waals surface area contributed by atoms with Crippen molar-refractivity contribution in [3.63, 3.8) is 0 Å². The van der Waals surface area contributed by atoms with Crippen molar-refractivity contribution in [2.24, 2.45) is 47.3 Å². The second-order valence-electron chi connectivity index (χ2n) is 22.4. The Hall–Kier alpha value is -5.66. The molecule has 64 heavy (non-hydrogen) atoms. The summed E-state index contributed by atoms with van der Waals surface area (Å²) < 4.78 is 2.47. The monoisotopic (exact) mass is 825 g/mol. The molecule has 10 aliphatic rings. The molecule has 0 amide bonds. The van der Waals surface area contributed by atoms with Gasteiger partial charge in [-0.2, -0.15) is 0 Å². The van der Waals surface area contributed by atoms with E-state index in [0.29, 0.717) is 0 Å². The Morgan fingerprint density at radius 2 is 0.719 bits per heavy atom. The molecule has 7 aromatic carbocycles. The third-order valence-corrected chi connectivity index (χ3v) is 19.9. The predicted molar refractivity (Wildman–Crippen MR) is 261 cm³/mol. The maximum atomic E-state index is 2.68. The van der Waals surface area contributed by atoms with Gasteiger partial charge in [-0.15, -0.1) is 0 Å². The molecule has 0 radical (unpaired) electrons. The van der Waals surface area contributed by atoms with Crippen molar-refractivity contribution in [1.82, 2.24) is 4.57 Å². The van der Waals surface area contributed by atoms with Crippen LogP contribution in [0.25, 0.3) is 49.7 Å². The minimum atomic E-state index is 0.104. The van der Waals surface area contributed by atoms with Crippen LogP contribution in [0.5, 0.6) is 0 Å². The molecule has 8 fully saturated rings. The van der Waals surface area contributed by atoms with E-state index in [0.717, 1.165) is 47.3 Å². The van der Waals surface area contributed by atoms with Crippen LogP contribution in [0, 0.1) is 47.3 Å². The number of para-hydroxylation sites is 2. The summed E-state index contributed by atoms with van der Waals surface area (Å²) in [5, 5.41) is 2.62. The molecule has 2 spiro atoms. The van der Waals surface area contributed by atoms with Gasteiger partial charge in [0, 0.05) is 33.2 Å². The number of nitrogens with zero attached hydrogens (tertiary/aromatic N) is 1. The number of rotatable bonds is 4. The van der Waals surface area contributed by atoms with Crippen LogP contribution in [0.3, 0.4) is 0 Å². The molecule has 10 aliphatic carbocycles. The van der Waals surface area contributed by atoms with Gasteiger partial charge in [0.2, 0.25) is 0 Å². The summed E-state index contributed by atoms with van der Waals surface area (Å²) in [5.74, 6) is 6.98. The van der Waals surface area contributed by atoms with Crippen LogP contribution >= 0.6 is 0 Å². The smallest absolute Gasteiger partial charge is 0.0541 e. The number of benzene rings is 7. The second-order valence-corrected chi connectivity index (χ2v) is 22.4. The summed E-state index contributed by atoms with van der Waals surface area (Å²) in [5.41, 5.74) is 21.0. The lowest BCUT2D eigenvalue weighted by molar-refractivity contribution is -0.0399. The fourth-order valence-corrected chi connectivity index (χ4v) is 18.3. The van der Waals surface area contributed by atoms with Crippen molar-refractivity contribution in [3.8, 4) is 27.9 Å². The zero-order chi connectivity index (χ0) is 41.5. The molecule has 0 unspecified atom stereocenters. The topological polar surface area (TPSA) is 4.93 Å². The van der Waals surface area contributed by atoms with Crippen molar-refractivity contribution >= 4 is 21.8 Å². The van der Waals surface area contributed by atoms with Crippen LogP contribution in [0.4, 0.5) is 0 Å². The molecule has 0 aliphatic heterocycles. The Labute approximate surface area is 377 Å². The third-order valence-electron chi connectivity index (χ3n) is 19.9. The highest BCUT2D eigenvalue weighted by molar-refractivity contribution is 6.09. The zero-order valence-corrected chi connectivity index (χ0v) is 36.7. The van der Waals surface area contributed by atoms with Crippen LogP contribution in [0.1, 0.15) is 109 Å². The van der Waals surface area contributed by atoms with E-state index in [-0.39, 0.29) is 16.7 Å². The van der Waals surface area contributed by atoms with E-state index >= 15 is 0 Å². The fourth-order valence-electron chi connectivity index (χ4n) is 18.3. The van der Waals surface area contributed by atoms with Crippen molar-refractivity contribution in [3.05, 3.63) is 197 Å². The molecule has 1 heterocycles. The summed E-state index contributed by atoms with van der Waals surface area (Å²) in [6, 6.07) is 62.7. The highest BCUT2D eigenvalue weighted by Gasteiger charge is 2.63. The van der Waals surface area contributed by atoms with E-state index in [2.05, 4.69) is 162 Å². The lowest BCUT2D eigenvalue weighted by Gasteiger charge is -2.61. The van der Waals surface area contributed by atoms with E-state index in [9.17, 15) is 0 Å². The van der Waals surface area contributed by atoms with Crippen molar-refractivity contribution < 1.29 is 0 Å². The molecule has 1 aromatic heterocycles. The molecular weight excluding hydrogens is 771 g/mol. The normalized spacial score (nSPS) is 32.1. The molecule has 18 rings (SSSR count). The zero-order valence-electron chi connectivity index (χ0n) is 36.7. The van der Waals surface area contributed by atoms with Crippen LogP contribution in [-0.2, 0) is 10.8 Å². The molecule has 8 bridgehead atoms. The van der Waals surface area contributed by atoms with Gasteiger partial charge in [0.1, 0.15) is 0 Å².